The summed E-state index contributed by atoms with van der Waals surface area (Å²) in [6.07, 6.45) is -4.46. The van der Waals surface area contributed by atoms with E-state index in [0.717, 1.165) is 13.2 Å². The van der Waals surface area contributed by atoms with Gasteiger partial charge < -0.3 is 4.74 Å². The Bertz CT molecular complexity index is 427. The van der Waals surface area contributed by atoms with Crippen LogP contribution in [0.4, 0.5) is 13.2 Å². The summed E-state index contributed by atoms with van der Waals surface area (Å²) < 4.78 is 42.6. The van der Waals surface area contributed by atoms with Crippen LogP contribution in [-0.4, -0.2) is 13.1 Å². The third kappa shape index (κ3) is 2.66. The lowest BCUT2D eigenvalue weighted by molar-refractivity contribution is -0.138. The maximum atomic E-state index is 12.6. The molecule has 0 fully saturated rings. The predicted octanol–water partition coefficient (Wildman–Crippen LogP) is 3.41. The number of alkyl halides is 3. The highest BCUT2D eigenvalue weighted by Gasteiger charge is 2.34. The topological polar surface area (TPSA) is 26.3 Å². The molecule has 0 N–H and O–H groups in total. The summed E-state index contributed by atoms with van der Waals surface area (Å²) in [4.78, 5) is 11.2. The van der Waals surface area contributed by atoms with E-state index in [-0.39, 0.29) is 11.1 Å². The molecular formula is C10H8F3IO2. The van der Waals surface area contributed by atoms with Gasteiger partial charge in [0, 0.05) is 3.57 Å². The number of methoxy groups -OCH3 is 1. The summed E-state index contributed by atoms with van der Waals surface area (Å²) in [6.45, 7) is 1.37. The lowest BCUT2D eigenvalue weighted by Crippen LogP contribution is -2.12. The van der Waals surface area contributed by atoms with Crippen LogP contribution >= 0.6 is 22.6 Å². The third-order valence-corrected chi connectivity index (χ3v) is 3.19. The molecule has 0 aromatic heterocycles. The molecule has 16 heavy (non-hydrogen) atoms. The fraction of sp³-hybridized carbons (Fsp3) is 0.300. The van der Waals surface area contributed by atoms with E-state index in [0.29, 0.717) is 3.57 Å². The first-order valence-corrected chi connectivity index (χ1v) is 5.31. The number of carbonyl (C=O) groups is 1. The minimum atomic E-state index is -4.46. The molecule has 0 spiro atoms. The number of hydrogen-bond acceptors (Lipinski definition) is 2. The Morgan fingerprint density at radius 1 is 1.38 bits per heavy atom. The molecule has 1 aromatic rings. The van der Waals surface area contributed by atoms with Crippen molar-refractivity contribution in [3.05, 3.63) is 32.4 Å². The number of esters is 1. The first kappa shape index (κ1) is 13.3. The minimum absolute atomic E-state index is 0.0928. The Morgan fingerprint density at radius 2 is 1.94 bits per heavy atom. The largest absolute Gasteiger partial charge is 0.465 e. The molecule has 2 nitrogen and oxygen atoms in total. The van der Waals surface area contributed by atoms with Gasteiger partial charge in [0.2, 0.25) is 0 Å². The van der Waals surface area contributed by atoms with Gasteiger partial charge in [0.25, 0.3) is 0 Å². The molecule has 0 aliphatic rings. The van der Waals surface area contributed by atoms with Crippen LogP contribution in [0.5, 0.6) is 0 Å². The molecule has 0 radical (unpaired) electrons. The van der Waals surface area contributed by atoms with Gasteiger partial charge in [0.1, 0.15) is 0 Å². The molecule has 88 valence electrons. The van der Waals surface area contributed by atoms with E-state index >= 15 is 0 Å². The molecule has 0 unspecified atom stereocenters. The normalized spacial score (nSPS) is 11.4. The monoisotopic (exact) mass is 344 g/mol. The van der Waals surface area contributed by atoms with Crippen molar-refractivity contribution in [1.82, 2.24) is 0 Å². The smallest absolute Gasteiger partial charge is 0.416 e. The number of benzene rings is 1. The van der Waals surface area contributed by atoms with E-state index in [2.05, 4.69) is 4.74 Å². The summed E-state index contributed by atoms with van der Waals surface area (Å²) in [5.74, 6) is -0.775. The first-order chi connectivity index (χ1) is 7.27. The maximum Gasteiger partial charge on any atom is 0.416 e. The molecule has 0 saturated carbocycles. The van der Waals surface area contributed by atoms with Crippen molar-refractivity contribution < 1.29 is 22.7 Å². The molecule has 0 saturated heterocycles. The van der Waals surface area contributed by atoms with Gasteiger partial charge in [0.15, 0.2) is 0 Å². The van der Waals surface area contributed by atoms with Crippen molar-refractivity contribution in [2.45, 2.75) is 13.1 Å². The second-order valence-electron chi connectivity index (χ2n) is 3.12. The zero-order valence-electron chi connectivity index (χ0n) is 8.48. The Kier molecular flexibility index (Phi) is 3.82. The lowest BCUT2D eigenvalue weighted by Gasteiger charge is -2.13. The standard InChI is InChI=1S/C10H8F3IO2/c1-5-7(10(11,12)13)3-6(4-8(5)14)9(15)16-2/h3-4H,1-2H3. The number of ether oxygens (including phenoxy) is 1. The van der Waals surface area contributed by atoms with Crippen molar-refractivity contribution in [1.29, 1.82) is 0 Å². The molecule has 6 heteroatoms. The fourth-order valence-electron chi connectivity index (χ4n) is 1.21. The SMILES string of the molecule is COC(=O)c1cc(I)c(C)c(C(F)(F)F)c1. The molecular weight excluding hydrogens is 336 g/mol. The molecule has 0 amide bonds. The summed E-state index contributed by atoms with van der Waals surface area (Å²) >= 11 is 1.76. The molecule has 1 aromatic carbocycles. The summed E-state index contributed by atoms with van der Waals surface area (Å²) in [6, 6.07) is 2.18. The summed E-state index contributed by atoms with van der Waals surface area (Å²) in [5, 5.41) is 0. The minimum Gasteiger partial charge on any atom is -0.465 e. The van der Waals surface area contributed by atoms with Gasteiger partial charge in [-0.1, -0.05) is 0 Å². The van der Waals surface area contributed by atoms with E-state index < -0.39 is 17.7 Å². The van der Waals surface area contributed by atoms with Crippen LogP contribution in [0.3, 0.4) is 0 Å². The second kappa shape index (κ2) is 4.60. The zero-order valence-corrected chi connectivity index (χ0v) is 10.6. The van der Waals surface area contributed by atoms with Crippen LogP contribution in [0.1, 0.15) is 21.5 Å². The van der Waals surface area contributed by atoms with Crippen LogP contribution in [0, 0.1) is 10.5 Å². The van der Waals surface area contributed by atoms with Crippen molar-refractivity contribution in [3.63, 3.8) is 0 Å². The number of halogens is 4. The quantitative estimate of drug-likeness (QED) is 0.577. The van der Waals surface area contributed by atoms with E-state index in [1.54, 1.807) is 22.6 Å². The molecule has 0 atom stereocenters. The third-order valence-electron chi connectivity index (χ3n) is 2.07. The van der Waals surface area contributed by atoms with Crippen molar-refractivity contribution >= 4 is 28.6 Å². The highest BCUT2D eigenvalue weighted by atomic mass is 127. The van der Waals surface area contributed by atoms with Crippen LogP contribution in [0.25, 0.3) is 0 Å². The second-order valence-corrected chi connectivity index (χ2v) is 4.28. The molecule has 1 rings (SSSR count). The average Bonchev–Trinajstić information content (AvgIpc) is 2.18. The van der Waals surface area contributed by atoms with Gasteiger partial charge in [-0.3, -0.25) is 0 Å². The molecule has 0 heterocycles. The highest BCUT2D eigenvalue weighted by Crippen LogP contribution is 2.34. The van der Waals surface area contributed by atoms with Crippen LogP contribution < -0.4 is 0 Å². The van der Waals surface area contributed by atoms with Crippen molar-refractivity contribution in [2.75, 3.05) is 7.11 Å². The highest BCUT2D eigenvalue weighted by molar-refractivity contribution is 14.1. The molecule has 0 aliphatic heterocycles. The predicted molar refractivity (Wildman–Crippen MR) is 60.2 cm³/mol. The number of carbonyl (C=O) groups excluding carboxylic acids is 1. The summed E-state index contributed by atoms with van der Waals surface area (Å²) in [5.41, 5.74) is -0.787. The average molecular weight is 344 g/mol. The summed E-state index contributed by atoms with van der Waals surface area (Å²) in [7, 11) is 1.13. The van der Waals surface area contributed by atoms with E-state index in [4.69, 9.17) is 0 Å². The van der Waals surface area contributed by atoms with E-state index in [9.17, 15) is 18.0 Å². The fourth-order valence-corrected chi connectivity index (χ4v) is 1.84. The van der Waals surface area contributed by atoms with Crippen molar-refractivity contribution in [2.24, 2.45) is 0 Å². The number of rotatable bonds is 1. The lowest BCUT2D eigenvalue weighted by atomic mass is 10.0. The van der Waals surface area contributed by atoms with Gasteiger partial charge in [-0.05, 0) is 47.2 Å². The van der Waals surface area contributed by atoms with Crippen LogP contribution in [0.2, 0.25) is 0 Å². The van der Waals surface area contributed by atoms with E-state index in [1.165, 1.54) is 13.0 Å². The Labute approximate surface area is 104 Å². The number of hydrogen-bond donors (Lipinski definition) is 0. The molecule has 0 aliphatic carbocycles. The van der Waals surface area contributed by atoms with Gasteiger partial charge in [-0.15, -0.1) is 0 Å². The van der Waals surface area contributed by atoms with Gasteiger partial charge in [-0.25, -0.2) is 4.79 Å². The van der Waals surface area contributed by atoms with Crippen LogP contribution in [0.15, 0.2) is 12.1 Å². The Morgan fingerprint density at radius 3 is 2.38 bits per heavy atom. The maximum absolute atomic E-state index is 12.6. The van der Waals surface area contributed by atoms with Crippen LogP contribution in [-0.2, 0) is 10.9 Å². The van der Waals surface area contributed by atoms with E-state index in [1.807, 2.05) is 0 Å². The van der Waals surface area contributed by atoms with Crippen molar-refractivity contribution in [3.8, 4) is 0 Å². The van der Waals surface area contributed by atoms with Gasteiger partial charge in [0.05, 0.1) is 18.2 Å². The van der Waals surface area contributed by atoms with Gasteiger partial charge in [-0.2, -0.15) is 13.2 Å². The first-order valence-electron chi connectivity index (χ1n) is 4.23. The Hall–Kier alpha value is -0.790. The van der Waals surface area contributed by atoms with Gasteiger partial charge >= 0.3 is 12.1 Å². The molecule has 0 bridgehead atoms. The Balaban J connectivity index is 3.39. The zero-order chi connectivity index (χ0) is 12.5.